The number of rotatable bonds is 4. The molecule has 1 rings (SSSR count). The van der Waals surface area contributed by atoms with Crippen LogP contribution in [0.4, 0.5) is 0 Å². The Morgan fingerprint density at radius 1 is 1.24 bits per heavy atom. The van der Waals surface area contributed by atoms with Gasteiger partial charge < -0.3 is 10.2 Å². The summed E-state index contributed by atoms with van der Waals surface area (Å²) in [6.45, 7) is 11.7. The first-order chi connectivity index (χ1) is 7.20. The molecular weight excluding hydrogens is 261 g/mol. The van der Waals surface area contributed by atoms with Crippen LogP contribution in [0, 0.1) is 0 Å². The molecule has 0 spiro atoms. The highest BCUT2D eigenvalue weighted by Crippen LogP contribution is 2.05. The Bertz CT molecular complexity index is 207. The van der Waals surface area contributed by atoms with Crippen molar-refractivity contribution in [2.75, 3.05) is 39.3 Å². The fraction of sp³-hybridized carbons (Fsp3) is 0.909. The molecule has 0 aliphatic carbocycles. The second-order valence-electron chi connectivity index (χ2n) is 3.97. The Balaban J connectivity index is 0. The molecule has 0 saturated carbocycles. The number of hydrogen-bond donors (Lipinski definition) is 1. The third-order valence-corrected chi connectivity index (χ3v) is 3.13. The normalized spacial score (nSPS) is 17.6. The van der Waals surface area contributed by atoms with Crippen molar-refractivity contribution in [3.8, 4) is 0 Å². The molecule has 1 aliphatic rings. The molecule has 1 N–H and O–H groups in total. The predicted molar refractivity (Wildman–Crippen MR) is 76.3 cm³/mol. The molecule has 1 atom stereocenters. The summed E-state index contributed by atoms with van der Waals surface area (Å²) in [5, 5.41) is 3.30. The van der Waals surface area contributed by atoms with Crippen molar-refractivity contribution in [3.63, 3.8) is 0 Å². The predicted octanol–water partition coefficient (Wildman–Crippen LogP) is 0.992. The lowest BCUT2D eigenvalue weighted by molar-refractivity contribution is -0.136. The molecule has 1 saturated heterocycles. The Morgan fingerprint density at radius 3 is 2.12 bits per heavy atom. The smallest absolute Gasteiger partial charge is 0.239 e. The van der Waals surface area contributed by atoms with Crippen LogP contribution in [-0.4, -0.2) is 61.0 Å². The number of amides is 1. The zero-order valence-electron chi connectivity index (χ0n) is 10.9. The second-order valence-corrected chi connectivity index (χ2v) is 3.97. The molecule has 0 bridgehead atoms. The SMILES string of the molecule is CCN(CC)C(=O)C(C)N1CCNCC1.Cl.Cl. The maximum atomic E-state index is 12.1. The Labute approximate surface area is 117 Å². The molecule has 4 nitrogen and oxygen atoms in total. The highest BCUT2D eigenvalue weighted by molar-refractivity contribution is 5.85. The molecule has 104 valence electrons. The fourth-order valence-corrected chi connectivity index (χ4v) is 2.03. The first-order valence-electron chi connectivity index (χ1n) is 5.94. The second kappa shape index (κ2) is 9.95. The molecule has 1 fully saturated rings. The van der Waals surface area contributed by atoms with E-state index in [9.17, 15) is 4.79 Å². The van der Waals surface area contributed by atoms with Crippen molar-refractivity contribution < 1.29 is 4.79 Å². The highest BCUT2D eigenvalue weighted by atomic mass is 35.5. The monoisotopic (exact) mass is 285 g/mol. The van der Waals surface area contributed by atoms with Crippen LogP contribution >= 0.6 is 24.8 Å². The minimum atomic E-state index is 0. The minimum Gasteiger partial charge on any atom is -0.342 e. The number of likely N-dealkylation sites (N-methyl/N-ethyl adjacent to an activating group) is 1. The van der Waals surface area contributed by atoms with E-state index >= 15 is 0 Å². The van der Waals surface area contributed by atoms with E-state index in [0.717, 1.165) is 39.3 Å². The van der Waals surface area contributed by atoms with Crippen LogP contribution in [0.15, 0.2) is 0 Å². The molecule has 1 aliphatic heterocycles. The van der Waals surface area contributed by atoms with E-state index in [-0.39, 0.29) is 36.8 Å². The molecule has 0 radical (unpaired) electrons. The van der Waals surface area contributed by atoms with Crippen LogP contribution in [0.3, 0.4) is 0 Å². The standard InChI is InChI=1S/C11H23N3O.2ClH/c1-4-13(5-2)11(15)10(3)14-8-6-12-7-9-14;;/h10,12H,4-9H2,1-3H3;2*1H. The highest BCUT2D eigenvalue weighted by Gasteiger charge is 2.25. The fourth-order valence-electron chi connectivity index (χ4n) is 2.03. The van der Waals surface area contributed by atoms with E-state index in [0.29, 0.717) is 0 Å². The van der Waals surface area contributed by atoms with E-state index in [1.165, 1.54) is 0 Å². The van der Waals surface area contributed by atoms with E-state index in [1.807, 2.05) is 25.7 Å². The number of nitrogens with zero attached hydrogens (tertiary/aromatic N) is 2. The summed E-state index contributed by atoms with van der Waals surface area (Å²) in [5.74, 6) is 0.266. The Kier molecular flexibility index (Phi) is 11.3. The van der Waals surface area contributed by atoms with Gasteiger partial charge in [-0.05, 0) is 20.8 Å². The lowest BCUT2D eigenvalue weighted by Crippen LogP contribution is -2.53. The summed E-state index contributed by atoms with van der Waals surface area (Å²) < 4.78 is 0. The average molecular weight is 286 g/mol. The Hall–Kier alpha value is -0.0300. The van der Waals surface area contributed by atoms with Gasteiger partial charge in [0.2, 0.25) is 5.91 Å². The molecule has 0 aromatic carbocycles. The van der Waals surface area contributed by atoms with Crippen LogP contribution in [-0.2, 0) is 4.79 Å². The van der Waals surface area contributed by atoms with E-state index in [4.69, 9.17) is 0 Å². The van der Waals surface area contributed by atoms with Crippen molar-refractivity contribution in [1.82, 2.24) is 15.1 Å². The van der Waals surface area contributed by atoms with Gasteiger partial charge in [0.1, 0.15) is 0 Å². The molecule has 17 heavy (non-hydrogen) atoms. The summed E-state index contributed by atoms with van der Waals surface area (Å²) in [5.41, 5.74) is 0. The van der Waals surface area contributed by atoms with Gasteiger partial charge in [0, 0.05) is 39.3 Å². The maximum absolute atomic E-state index is 12.1. The largest absolute Gasteiger partial charge is 0.342 e. The van der Waals surface area contributed by atoms with Crippen molar-refractivity contribution in [3.05, 3.63) is 0 Å². The van der Waals surface area contributed by atoms with E-state index in [1.54, 1.807) is 0 Å². The summed E-state index contributed by atoms with van der Waals surface area (Å²) in [4.78, 5) is 16.2. The van der Waals surface area contributed by atoms with Crippen molar-refractivity contribution >= 4 is 30.7 Å². The van der Waals surface area contributed by atoms with Gasteiger partial charge in [-0.25, -0.2) is 0 Å². The first-order valence-corrected chi connectivity index (χ1v) is 5.94. The quantitative estimate of drug-likeness (QED) is 0.837. The first kappa shape index (κ1) is 19.3. The van der Waals surface area contributed by atoms with E-state index in [2.05, 4.69) is 10.2 Å². The molecular formula is C11H25Cl2N3O. The topological polar surface area (TPSA) is 35.6 Å². The summed E-state index contributed by atoms with van der Waals surface area (Å²) >= 11 is 0. The zero-order valence-corrected chi connectivity index (χ0v) is 12.6. The van der Waals surface area contributed by atoms with Gasteiger partial charge in [0.05, 0.1) is 6.04 Å². The van der Waals surface area contributed by atoms with Gasteiger partial charge in [-0.15, -0.1) is 24.8 Å². The average Bonchev–Trinajstić information content (AvgIpc) is 2.30. The van der Waals surface area contributed by atoms with Crippen LogP contribution in [0.25, 0.3) is 0 Å². The summed E-state index contributed by atoms with van der Waals surface area (Å²) in [7, 11) is 0. The number of halogens is 2. The maximum Gasteiger partial charge on any atom is 0.239 e. The number of carbonyl (C=O) groups is 1. The Morgan fingerprint density at radius 2 is 1.71 bits per heavy atom. The lowest BCUT2D eigenvalue weighted by Gasteiger charge is -2.34. The van der Waals surface area contributed by atoms with Gasteiger partial charge in [0.25, 0.3) is 0 Å². The third kappa shape index (κ3) is 5.42. The minimum absolute atomic E-state index is 0. The van der Waals surface area contributed by atoms with E-state index < -0.39 is 0 Å². The van der Waals surface area contributed by atoms with Gasteiger partial charge in [-0.1, -0.05) is 0 Å². The van der Waals surface area contributed by atoms with Crippen molar-refractivity contribution in [2.45, 2.75) is 26.8 Å². The number of nitrogens with one attached hydrogen (secondary N) is 1. The van der Waals surface area contributed by atoms with Crippen molar-refractivity contribution in [2.24, 2.45) is 0 Å². The third-order valence-electron chi connectivity index (χ3n) is 3.13. The van der Waals surface area contributed by atoms with Gasteiger partial charge in [-0.3, -0.25) is 9.69 Å². The molecule has 6 heteroatoms. The van der Waals surface area contributed by atoms with Crippen LogP contribution < -0.4 is 5.32 Å². The van der Waals surface area contributed by atoms with Crippen molar-refractivity contribution in [1.29, 1.82) is 0 Å². The molecule has 1 heterocycles. The number of piperazine rings is 1. The number of hydrogen-bond acceptors (Lipinski definition) is 3. The molecule has 1 unspecified atom stereocenters. The molecule has 0 aromatic heterocycles. The van der Waals surface area contributed by atoms with Crippen LogP contribution in [0.2, 0.25) is 0 Å². The summed E-state index contributed by atoms with van der Waals surface area (Å²) in [6.07, 6.45) is 0. The van der Waals surface area contributed by atoms with Gasteiger partial charge >= 0.3 is 0 Å². The molecule has 1 amide bonds. The van der Waals surface area contributed by atoms with Crippen LogP contribution in [0.1, 0.15) is 20.8 Å². The zero-order chi connectivity index (χ0) is 11.3. The van der Waals surface area contributed by atoms with Gasteiger partial charge in [0.15, 0.2) is 0 Å². The van der Waals surface area contributed by atoms with Gasteiger partial charge in [-0.2, -0.15) is 0 Å². The molecule has 0 aromatic rings. The lowest BCUT2D eigenvalue weighted by atomic mass is 10.2. The van der Waals surface area contributed by atoms with Crippen LogP contribution in [0.5, 0.6) is 0 Å². The summed E-state index contributed by atoms with van der Waals surface area (Å²) in [6, 6.07) is 0.0343. The number of carbonyl (C=O) groups excluding carboxylic acids is 1.